The van der Waals surface area contributed by atoms with E-state index in [0.29, 0.717) is 6.04 Å². The van der Waals surface area contributed by atoms with E-state index in [2.05, 4.69) is 37.9 Å². The van der Waals surface area contributed by atoms with Crippen LogP contribution in [0.1, 0.15) is 18.5 Å². The van der Waals surface area contributed by atoms with Crippen molar-refractivity contribution in [3.63, 3.8) is 0 Å². The zero-order chi connectivity index (χ0) is 8.55. The van der Waals surface area contributed by atoms with Crippen LogP contribution in [0, 0.1) is 10.5 Å². The van der Waals surface area contributed by atoms with E-state index in [-0.39, 0.29) is 0 Å². The number of rotatable bonds is 2. The van der Waals surface area contributed by atoms with Gasteiger partial charge in [-0.25, -0.2) is 9.97 Å². The molecule has 0 aromatic carbocycles. The molecule has 1 aromatic rings. The van der Waals surface area contributed by atoms with Crippen LogP contribution in [-0.2, 0) is 0 Å². The molecule has 0 atom stereocenters. The molecule has 0 saturated heterocycles. The second-order valence-corrected chi connectivity index (χ2v) is 4.12. The molecule has 0 spiro atoms. The Labute approximate surface area is 85.1 Å². The topological polar surface area (TPSA) is 37.8 Å². The molecule has 64 valence electrons. The summed E-state index contributed by atoms with van der Waals surface area (Å²) in [7, 11) is 0. The highest BCUT2D eigenvalue weighted by Crippen LogP contribution is 2.26. The highest BCUT2D eigenvalue weighted by molar-refractivity contribution is 14.1. The molecule has 0 aliphatic heterocycles. The van der Waals surface area contributed by atoms with Gasteiger partial charge in [0.25, 0.3) is 0 Å². The van der Waals surface area contributed by atoms with Gasteiger partial charge in [-0.15, -0.1) is 0 Å². The van der Waals surface area contributed by atoms with E-state index in [9.17, 15) is 0 Å². The predicted molar refractivity (Wildman–Crippen MR) is 56.1 cm³/mol. The summed E-state index contributed by atoms with van der Waals surface area (Å²) < 4.78 is 1.14. The Balaban J connectivity index is 2.23. The van der Waals surface area contributed by atoms with Crippen molar-refractivity contribution in [2.75, 3.05) is 5.32 Å². The molecule has 0 amide bonds. The number of hydrogen-bond acceptors (Lipinski definition) is 3. The van der Waals surface area contributed by atoms with Crippen molar-refractivity contribution < 1.29 is 0 Å². The van der Waals surface area contributed by atoms with Gasteiger partial charge in [-0.1, -0.05) is 0 Å². The van der Waals surface area contributed by atoms with Crippen molar-refractivity contribution in [3.05, 3.63) is 15.6 Å². The van der Waals surface area contributed by atoms with Crippen molar-refractivity contribution in [1.29, 1.82) is 0 Å². The molecule has 1 N–H and O–H groups in total. The van der Waals surface area contributed by atoms with Crippen molar-refractivity contribution in [2.45, 2.75) is 25.8 Å². The summed E-state index contributed by atoms with van der Waals surface area (Å²) in [4.78, 5) is 8.30. The lowest BCUT2D eigenvalue weighted by molar-refractivity contribution is 1.04. The lowest BCUT2D eigenvalue weighted by Crippen LogP contribution is -2.06. The Bertz CT molecular complexity index is 296. The van der Waals surface area contributed by atoms with Gasteiger partial charge in [-0.3, -0.25) is 0 Å². The number of nitrogens with zero attached hydrogens (tertiary/aromatic N) is 2. The Morgan fingerprint density at radius 2 is 2.25 bits per heavy atom. The fourth-order valence-corrected chi connectivity index (χ4v) is 1.41. The second-order valence-electron chi connectivity index (χ2n) is 3.04. The van der Waals surface area contributed by atoms with Crippen LogP contribution in [0.3, 0.4) is 0 Å². The Hall–Kier alpha value is -0.390. The predicted octanol–water partition coefficient (Wildman–Crippen LogP) is 1.96. The SMILES string of the molecule is Cc1ncnc(NC2CC2)c1I. The molecule has 1 heterocycles. The number of anilines is 1. The van der Waals surface area contributed by atoms with Crippen LogP contribution < -0.4 is 5.32 Å². The van der Waals surface area contributed by atoms with Gasteiger partial charge >= 0.3 is 0 Å². The average Bonchev–Trinajstić information content (AvgIpc) is 2.83. The minimum Gasteiger partial charge on any atom is -0.366 e. The first kappa shape index (κ1) is 8.22. The molecule has 1 aromatic heterocycles. The maximum Gasteiger partial charge on any atom is 0.143 e. The van der Waals surface area contributed by atoms with Crippen molar-refractivity contribution in [2.24, 2.45) is 0 Å². The fourth-order valence-electron chi connectivity index (χ4n) is 0.980. The quantitative estimate of drug-likeness (QED) is 0.838. The summed E-state index contributed by atoms with van der Waals surface area (Å²) in [5.74, 6) is 0.991. The number of hydrogen-bond donors (Lipinski definition) is 1. The maximum absolute atomic E-state index is 4.19. The fraction of sp³-hybridized carbons (Fsp3) is 0.500. The van der Waals surface area contributed by atoms with E-state index >= 15 is 0 Å². The Morgan fingerprint density at radius 3 is 2.92 bits per heavy atom. The summed E-state index contributed by atoms with van der Waals surface area (Å²) in [5.41, 5.74) is 1.05. The molecule has 0 radical (unpaired) electrons. The standard InChI is InChI=1S/C8H10IN3/c1-5-7(9)8(11-4-10-5)12-6-2-3-6/h4,6H,2-3H2,1H3,(H,10,11,12). The molecule has 3 nitrogen and oxygen atoms in total. The molecule has 0 unspecified atom stereocenters. The van der Waals surface area contributed by atoms with Crippen molar-refractivity contribution in [1.82, 2.24) is 9.97 Å². The van der Waals surface area contributed by atoms with Gasteiger partial charge in [0.2, 0.25) is 0 Å². The first-order valence-electron chi connectivity index (χ1n) is 4.01. The van der Waals surface area contributed by atoms with Crippen LogP contribution in [0.4, 0.5) is 5.82 Å². The zero-order valence-corrected chi connectivity index (χ0v) is 9.00. The minimum absolute atomic E-state index is 0.660. The average molecular weight is 275 g/mol. The number of halogens is 1. The monoisotopic (exact) mass is 275 g/mol. The van der Waals surface area contributed by atoms with Gasteiger partial charge in [0.05, 0.1) is 9.26 Å². The molecule has 1 aliphatic carbocycles. The zero-order valence-electron chi connectivity index (χ0n) is 6.84. The van der Waals surface area contributed by atoms with Crippen molar-refractivity contribution >= 4 is 28.4 Å². The summed E-state index contributed by atoms with van der Waals surface area (Å²) in [6.07, 6.45) is 4.17. The lowest BCUT2D eigenvalue weighted by atomic mass is 10.4. The molecule has 1 fully saturated rings. The molecule has 4 heteroatoms. The first-order chi connectivity index (χ1) is 5.77. The van der Waals surface area contributed by atoms with Gasteiger partial charge in [-0.05, 0) is 42.4 Å². The smallest absolute Gasteiger partial charge is 0.143 e. The van der Waals surface area contributed by atoms with E-state index in [1.54, 1.807) is 6.33 Å². The number of aromatic nitrogens is 2. The van der Waals surface area contributed by atoms with E-state index in [1.807, 2.05) is 6.92 Å². The largest absolute Gasteiger partial charge is 0.366 e. The van der Waals surface area contributed by atoms with Crippen LogP contribution in [-0.4, -0.2) is 16.0 Å². The van der Waals surface area contributed by atoms with Crippen molar-refractivity contribution in [3.8, 4) is 0 Å². The summed E-state index contributed by atoms with van der Waals surface area (Å²) in [6, 6.07) is 0.660. The highest BCUT2D eigenvalue weighted by atomic mass is 127. The van der Waals surface area contributed by atoms with Gasteiger partial charge in [-0.2, -0.15) is 0 Å². The van der Waals surface area contributed by atoms with Crippen LogP contribution in [0.15, 0.2) is 6.33 Å². The molecule has 1 aliphatic rings. The Morgan fingerprint density at radius 1 is 1.50 bits per heavy atom. The van der Waals surface area contributed by atoms with Gasteiger partial charge in [0, 0.05) is 6.04 Å². The molecule has 0 bridgehead atoms. The summed E-state index contributed by atoms with van der Waals surface area (Å²) in [5, 5.41) is 3.37. The molecular formula is C8H10IN3. The minimum atomic E-state index is 0.660. The third-order valence-corrected chi connectivity index (χ3v) is 3.17. The summed E-state index contributed by atoms with van der Waals surface area (Å²) in [6.45, 7) is 2.00. The van der Waals surface area contributed by atoms with Gasteiger partial charge in [0.1, 0.15) is 12.1 Å². The van der Waals surface area contributed by atoms with E-state index in [4.69, 9.17) is 0 Å². The van der Waals surface area contributed by atoms with Crippen LogP contribution in [0.25, 0.3) is 0 Å². The molecule has 2 rings (SSSR count). The molecule has 1 saturated carbocycles. The highest BCUT2D eigenvalue weighted by Gasteiger charge is 2.22. The van der Waals surface area contributed by atoms with E-state index in [1.165, 1.54) is 12.8 Å². The van der Waals surface area contributed by atoms with Gasteiger partial charge < -0.3 is 5.32 Å². The summed E-state index contributed by atoms with van der Waals surface area (Å²) >= 11 is 2.28. The van der Waals surface area contributed by atoms with Crippen LogP contribution >= 0.6 is 22.6 Å². The normalized spacial score (nSPS) is 16.2. The van der Waals surface area contributed by atoms with E-state index in [0.717, 1.165) is 15.1 Å². The maximum atomic E-state index is 4.19. The first-order valence-corrected chi connectivity index (χ1v) is 5.09. The Kier molecular flexibility index (Phi) is 2.16. The van der Waals surface area contributed by atoms with Crippen LogP contribution in [0.5, 0.6) is 0 Å². The molecule has 12 heavy (non-hydrogen) atoms. The number of nitrogens with one attached hydrogen (secondary N) is 1. The molecular weight excluding hydrogens is 265 g/mol. The van der Waals surface area contributed by atoms with Gasteiger partial charge in [0.15, 0.2) is 0 Å². The lowest BCUT2D eigenvalue weighted by Gasteiger charge is -2.06. The second kappa shape index (κ2) is 3.16. The third kappa shape index (κ3) is 1.68. The third-order valence-electron chi connectivity index (χ3n) is 1.88. The number of aryl methyl sites for hydroxylation is 1. The van der Waals surface area contributed by atoms with Crippen LogP contribution in [0.2, 0.25) is 0 Å². The van der Waals surface area contributed by atoms with E-state index < -0.39 is 0 Å².